The monoisotopic (exact) mass is 441 g/mol. The highest BCUT2D eigenvalue weighted by Crippen LogP contribution is 2.38. The second-order valence-electron chi connectivity index (χ2n) is 8.73. The van der Waals surface area contributed by atoms with E-state index in [9.17, 15) is 14.7 Å². The molecule has 0 aliphatic carbocycles. The number of rotatable bonds is 5. The van der Waals surface area contributed by atoms with E-state index in [1.165, 1.54) is 0 Å². The highest BCUT2D eigenvalue weighted by atomic mass is 32.2. The van der Waals surface area contributed by atoms with Gasteiger partial charge in [-0.25, -0.2) is 0 Å². The number of aromatic nitrogens is 1. The number of carboxylic acids is 1. The number of benzene rings is 1. The second-order valence-corrected chi connectivity index (χ2v) is 9.87. The van der Waals surface area contributed by atoms with Gasteiger partial charge < -0.3 is 14.4 Å². The Morgan fingerprint density at radius 3 is 2.90 bits per heavy atom. The molecule has 2 fully saturated rings. The van der Waals surface area contributed by atoms with Gasteiger partial charge in [-0.2, -0.15) is 0 Å². The van der Waals surface area contributed by atoms with E-state index in [1.54, 1.807) is 24.9 Å². The number of aliphatic carboxylic acids is 1. The summed E-state index contributed by atoms with van der Waals surface area (Å²) in [6.07, 6.45) is 1.14. The number of likely N-dealkylation sites (tertiary alicyclic amines) is 1. The molecule has 0 amide bonds. The van der Waals surface area contributed by atoms with Crippen LogP contribution in [0.15, 0.2) is 41.2 Å². The number of carbonyl (C=O) groups is 1. The summed E-state index contributed by atoms with van der Waals surface area (Å²) in [6.45, 7) is 3.45. The minimum absolute atomic E-state index is 0.0229. The summed E-state index contributed by atoms with van der Waals surface area (Å²) in [5.74, 6) is 1.47. The molecule has 2 bridgehead atoms. The van der Waals surface area contributed by atoms with E-state index in [-0.39, 0.29) is 10.9 Å². The van der Waals surface area contributed by atoms with Gasteiger partial charge in [0.15, 0.2) is 0 Å². The van der Waals surface area contributed by atoms with Crippen molar-refractivity contribution in [2.45, 2.75) is 36.8 Å². The lowest BCUT2D eigenvalue weighted by atomic mass is 9.83. The Labute approximate surface area is 185 Å². The van der Waals surface area contributed by atoms with Crippen LogP contribution in [0.25, 0.3) is 0 Å². The van der Waals surface area contributed by atoms with Crippen molar-refractivity contribution >= 4 is 17.7 Å². The van der Waals surface area contributed by atoms with E-state index in [4.69, 9.17) is 4.74 Å². The average molecular weight is 442 g/mol. The van der Waals surface area contributed by atoms with Gasteiger partial charge in [0.1, 0.15) is 11.8 Å². The van der Waals surface area contributed by atoms with Crippen molar-refractivity contribution in [3.63, 3.8) is 0 Å². The van der Waals surface area contributed by atoms with E-state index in [1.807, 2.05) is 22.8 Å². The fourth-order valence-corrected chi connectivity index (χ4v) is 6.48. The van der Waals surface area contributed by atoms with Crippen molar-refractivity contribution in [2.75, 3.05) is 26.0 Å². The Balaban J connectivity index is 1.35. The number of fused-ring (bicyclic) bond motifs is 4. The molecule has 1 aromatic heterocycles. The van der Waals surface area contributed by atoms with Crippen molar-refractivity contribution in [3.8, 4) is 5.75 Å². The van der Waals surface area contributed by atoms with Crippen LogP contribution in [0.5, 0.6) is 5.75 Å². The number of thioether (sulfide) groups is 1. The van der Waals surface area contributed by atoms with Gasteiger partial charge in [0.25, 0.3) is 5.56 Å². The van der Waals surface area contributed by atoms with Crippen molar-refractivity contribution < 1.29 is 14.6 Å². The third-order valence-corrected chi connectivity index (χ3v) is 7.90. The smallest absolute Gasteiger partial charge is 0.321 e. The highest BCUT2D eigenvalue weighted by molar-refractivity contribution is 7.99. The number of pyridine rings is 1. The Bertz CT molecular complexity index is 1060. The van der Waals surface area contributed by atoms with Gasteiger partial charge >= 0.3 is 5.97 Å². The molecular weight excluding hydrogens is 414 g/mol. The van der Waals surface area contributed by atoms with Gasteiger partial charge in [0.05, 0.1) is 12.5 Å². The number of methoxy groups -OCH3 is 1. The van der Waals surface area contributed by atoms with E-state index in [2.05, 4.69) is 22.3 Å². The summed E-state index contributed by atoms with van der Waals surface area (Å²) in [6, 6.07) is 11.3. The predicted octanol–water partition coefficient (Wildman–Crippen LogP) is 2.26. The summed E-state index contributed by atoms with van der Waals surface area (Å²) < 4.78 is 7.59. The molecule has 31 heavy (non-hydrogen) atoms. The van der Waals surface area contributed by atoms with Gasteiger partial charge in [-0.3, -0.25) is 19.8 Å². The van der Waals surface area contributed by atoms with Crippen molar-refractivity contribution in [2.24, 2.45) is 5.92 Å². The molecule has 2 N–H and O–H groups in total. The minimum atomic E-state index is -0.803. The number of nitrogens with one attached hydrogen (secondary N) is 1. The van der Waals surface area contributed by atoms with Crippen LogP contribution in [0.2, 0.25) is 0 Å². The SMILES string of the molecule is COc1ccc([C@H]2N[C@H](C(=O)O)CS2)cc1CN1C[C@@H]2C[C@H](C1)c1cccc(=O)n1C2. The number of piperidine rings is 1. The third-order valence-electron chi connectivity index (χ3n) is 6.64. The summed E-state index contributed by atoms with van der Waals surface area (Å²) >= 11 is 1.63. The Morgan fingerprint density at radius 1 is 1.26 bits per heavy atom. The van der Waals surface area contributed by atoms with Crippen LogP contribution in [0, 0.1) is 5.92 Å². The molecule has 1 aromatic carbocycles. The summed E-state index contributed by atoms with van der Waals surface area (Å²) in [5, 5.41) is 12.5. The average Bonchev–Trinajstić information content (AvgIpc) is 3.25. The molecular formula is C23H27N3O4S. The first-order valence-corrected chi connectivity index (χ1v) is 11.8. The van der Waals surface area contributed by atoms with Crippen molar-refractivity contribution in [1.29, 1.82) is 0 Å². The maximum Gasteiger partial charge on any atom is 0.321 e. The fraction of sp³-hybridized carbons (Fsp3) is 0.478. The zero-order valence-corrected chi connectivity index (χ0v) is 18.3. The predicted molar refractivity (Wildman–Crippen MR) is 120 cm³/mol. The standard InChI is InChI=1S/C23H27N3O4S/c1-30-20-6-5-15(22-24-18(13-31-22)23(28)29)8-17(20)12-25-9-14-7-16(11-25)19-3-2-4-21(27)26(19)10-14/h2-6,8,14,16,18,22,24H,7,9-13H2,1H3,(H,28,29)/t14-,16+,18-,22-/m0/s1. The van der Waals surface area contributed by atoms with E-state index in [0.29, 0.717) is 17.6 Å². The molecule has 3 aliphatic rings. The highest BCUT2D eigenvalue weighted by Gasteiger charge is 2.35. The number of carboxylic acid groups (broad SMARTS) is 1. The van der Waals surface area contributed by atoms with Crippen LogP contribution in [-0.2, 0) is 17.9 Å². The summed E-state index contributed by atoms with van der Waals surface area (Å²) in [7, 11) is 1.69. The van der Waals surface area contributed by atoms with Gasteiger partial charge in [-0.05, 0) is 36.1 Å². The van der Waals surface area contributed by atoms with Crippen LogP contribution in [-0.4, -0.2) is 52.5 Å². The second kappa shape index (κ2) is 8.33. The first kappa shape index (κ1) is 20.6. The molecule has 7 nitrogen and oxygen atoms in total. The third kappa shape index (κ3) is 4.00. The number of ether oxygens (including phenoxy) is 1. The summed E-state index contributed by atoms with van der Waals surface area (Å²) in [5.41, 5.74) is 3.46. The van der Waals surface area contributed by atoms with Crippen molar-refractivity contribution in [1.82, 2.24) is 14.8 Å². The van der Waals surface area contributed by atoms with Crippen LogP contribution >= 0.6 is 11.8 Å². The Kier molecular flexibility index (Phi) is 5.54. The van der Waals surface area contributed by atoms with Crippen LogP contribution in [0.1, 0.15) is 34.5 Å². The molecule has 164 valence electrons. The van der Waals surface area contributed by atoms with Gasteiger partial charge in [-0.1, -0.05) is 12.1 Å². The number of hydrogen-bond acceptors (Lipinski definition) is 6. The maximum atomic E-state index is 12.3. The molecule has 4 atom stereocenters. The van der Waals surface area contributed by atoms with Gasteiger partial charge in [0.2, 0.25) is 0 Å². The van der Waals surface area contributed by atoms with E-state index < -0.39 is 12.0 Å². The molecule has 0 radical (unpaired) electrons. The quantitative estimate of drug-likeness (QED) is 0.736. The normalized spacial score (nSPS) is 27.6. The van der Waals surface area contributed by atoms with Crippen molar-refractivity contribution in [3.05, 3.63) is 63.6 Å². The molecule has 0 saturated carbocycles. The number of hydrogen-bond donors (Lipinski definition) is 2. The van der Waals surface area contributed by atoms with Gasteiger partial charge in [-0.15, -0.1) is 11.8 Å². The van der Waals surface area contributed by atoms with Crippen LogP contribution < -0.4 is 15.6 Å². The molecule has 3 aliphatic heterocycles. The molecule has 2 saturated heterocycles. The summed E-state index contributed by atoms with van der Waals surface area (Å²) in [4.78, 5) is 26.0. The lowest BCUT2D eigenvalue weighted by Crippen LogP contribution is -2.46. The molecule has 4 heterocycles. The maximum absolute atomic E-state index is 12.3. The lowest BCUT2D eigenvalue weighted by molar-refractivity contribution is -0.138. The molecule has 0 unspecified atom stereocenters. The van der Waals surface area contributed by atoms with Crippen LogP contribution in [0.4, 0.5) is 0 Å². The molecule has 2 aromatic rings. The van der Waals surface area contributed by atoms with Gasteiger partial charge in [0, 0.05) is 55.2 Å². The molecule has 8 heteroatoms. The topological polar surface area (TPSA) is 83.8 Å². The minimum Gasteiger partial charge on any atom is -0.496 e. The van der Waals surface area contributed by atoms with E-state index >= 15 is 0 Å². The zero-order valence-electron chi connectivity index (χ0n) is 17.5. The first-order valence-electron chi connectivity index (χ1n) is 10.7. The Morgan fingerprint density at radius 2 is 2.13 bits per heavy atom. The zero-order chi connectivity index (χ0) is 21.5. The molecule has 0 spiro atoms. The van der Waals surface area contributed by atoms with Crippen LogP contribution in [0.3, 0.4) is 0 Å². The number of nitrogens with zero attached hydrogens (tertiary/aromatic N) is 2. The lowest BCUT2D eigenvalue weighted by Gasteiger charge is -2.43. The first-order chi connectivity index (χ1) is 15.0. The van der Waals surface area contributed by atoms with E-state index in [0.717, 1.165) is 55.2 Å². The largest absolute Gasteiger partial charge is 0.496 e. The molecule has 5 rings (SSSR count). The fourth-order valence-electron chi connectivity index (χ4n) is 5.26. The Hall–Kier alpha value is -2.29.